The SMILES string of the molecule is O=C1C(c2ccccc2)=C(N2CCCC(CO)C2)C(=O)N1c1ccc(F)cc1. The predicted octanol–water partition coefficient (Wildman–Crippen LogP) is 2.81. The number of amides is 2. The number of carbonyl (C=O) groups excluding carboxylic acids is 2. The van der Waals surface area contributed by atoms with Gasteiger partial charge in [0.1, 0.15) is 11.5 Å². The lowest BCUT2D eigenvalue weighted by Crippen LogP contribution is -2.40. The number of nitrogens with zero attached hydrogens (tertiary/aromatic N) is 2. The second-order valence-electron chi connectivity index (χ2n) is 7.15. The molecule has 0 aliphatic carbocycles. The maximum Gasteiger partial charge on any atom is 0.282 e. The summed E-state index contributed by atoms with van der Waals surface area (Å²) in [6, 6.07) is 14.5. The van der Waals surface area contributed by atoms with Crippen LogP contribution in [0.2, 0.25) is 0 Å². The topological polar surface area (TPSA) is 60.9 Å². The molecule has 1 atom stereocenters. The Kier molecular flexibility index (Phi) is 4.96. The molecule has 144 valence electrons. The van der Waals surface area contributed by atoms with E-state index in [0.717, 1.165) is 17.7 Å². The van der Waals surface area contributed by atoms with Gasteiger partial charge >= 0.3 is 0 Å². The molecule has 5 nitrogen and oxygen atoms in total. The number of hydrogen-bond donors (Lipinski definition) is 1. The molecule has 1 fully saturated rings. The third-order valence-electron chi connectivity index (χ3n) is 5.30. The molecule has 1 N–H and O–H groups in total. The lowest BCUT2D eigenvalue weighted by atomic mass is 9.97. The maximum absolute atomic E-state index is 13.3. The van der Waals surface area contributed by atoms with Gasteiger partial charge in [0.25, 0.3) is 11.8 Å². The number of halogens is 1. The Morgan fingerprint density at radius 3 is 2.39 bits per heavy atom. The van der Waals surface area contributed by atoms with Crippen LogP contribution in [-0.4, -0.2) is 41.5 Å². The lowest BCUT2D eigenvalue weighted by molar-refractivity contribution is -0.120. The third kappa shape index (κ3) is 3.20. The molecule has 28 heavy (non-hydrogen) atoms. The molecule has 6 heteroatoms. The summed E-state index contributed by atoms with van der Waals surface area (Å²) in [6.45, 7) is 1.23. The number of aliphatic hydroxyl groups is 1. The first-order valence-corrected chi connectivity index (χ1v) is 9.40. The first kappa shape index (κ1) is 18.4. The Balaban J connectivity index is 1.79. The van der Waals surface area contributed by atoms with Crippen molar-refractivity contribution in [1.82, 2.24) is 4.90 Å². The second kappa shape index (κ2) is 7.56. The van der Waals surface area contributed by atoms with Crippen LogP contribution < -0.4 is 4.90 Å². The van der Waals surface area contributed by atoms with E-state index in [-0.39, 0.29) is 12.5 Å². The average Bonchev–Trinajstić information content (AvgIpc) is 2.99. The number of carbonyl (C=O) groups is 2. The molecule has 4 rings (SSSR count). The molecular weight excluding hydrogens is 359 g/mol. The Hall–Kier alpha value is -2.99. The van der Waals surface area contributed by atoms with Crippen LogP contribution in [0.4, 0.5) is 10.1 Å². The van der Waals surface area contributed by atoms with Gasteiger partial charge < -0.3 is 10.0 Å². The largest absolute Gasteiger partial charge is 0.396 e. The molecular formula is C22H21FN2O3. The van der Waals surface area contributed by atoms with Gasteiger partial charge in [-0.05, 0) is 48.6 Å². The summed E-state index contributed by atoms with van der Waals surface area (Å²) >= 11 is 0. The Morgan fingerprint density at radius 2 is 1.71 bits per heavy atom. The summed E-state index contributed by atoms with van der Waals surface area (Å²) in [5.74, 6) is -1.18. The number of piperidine rings is 1. The summed E-state index contributed by atoms with van der Waals surface area (Å²) in [7, 11) is 0. The van der Waals surface area contributed by atoms with Gasteiger partial charge in [-0.1, -0.05) is 30.3 Å². The van der Waals surface area contributed by atoms with E-state index in [1.54, 1.807) is 0 Å². The van der Waals surface area contributed by atoms with Crippen molar-refractivity contribution in [1.29, 1.82) is 0 Å². The van der Waals surface area contributed by atoms with E-state index in [2.05, 4.69) is 0 Å². The van der Waals surface area contributed by atoms with Crippen LogP contribution in [-0.2, 0) is 9.59 Å². The standard InChI is InChI=1S/C22H21FN2O3/c23-17-8-10-18(11-9-17)25-21(27)19(16-6-2-1-3-7-16)20(22(25)28)24-12-4-5-15(13-24)14-26/h1-3,6-11,15,26H,4-5,12-14H2. The van der Waals surface area contributed by atoms with E-state index in [1.807, 2.05) is 35.2 Å². The smallest absolute Gasteiger partial charge is 0.282 e. The molecule has 1 unspecified atom stereocenters. The highest BCUT2D eigenvalue weighted by Gasteiger charge is 2.43. The Bertz CT molecular complexity index is 925. The van der Waals surface area contributed by atoms with Crippen molar-refractivity contribution >= 4 is 23.1 Å². The molecule has 0 radical (unpaired) electrons. The van der Waals surface area contributed by atoms with E-state index >= 15 is 0 Å². The zero-order chi connectivity index (χ0) is 19.7. The minimum absolute atomic E-state index is 0.0499. The molecule has 0 saturated carbocycles. The zero-order valence-electron chi connectivity index (χ0n) is 15.3. The van der Waals surface area contributed by atoms with E-state index in [9.17, 15) is 19.1 Å². The predicted molar refractivity (Wildman–Crippen MR) is 104 cm³/mol. The minimum atomic E-state index is -0.430. The highest BCUT2D eigenvalue weighted by Crippen LogP contribution is 2.36. The van der Waals surface area contributed by atoms with Crippen molar-refractivity contribution < 1.29 is 19.1 Å². The van der Waals surface area contributed by atoms with Crippen LogP contribution in [0.25, 0.3) is 5.57 Å². The summed E-state index contributed by atoms with van der Waals surface area (Å²) in [5.41, 5.74) is 1.73. The fourth-order valence-electron chi connectivity index (χ4n) is 3.92. The number of rotatable bonds is 4. The third-order valence-corrected chi connectivity index (χ3v) is 5.30. The van der Waals surface area contributed by atoms with Crippen molar-refractivity contribution in [2.45, 2.75) is 12.8 Å². The van der Waals surface area contributed by atoms with E-state index < -0.39 is 17.6 Å². The van der Waals surface area contributed by atoms with E-state index in [1.165, 1.54) is 24.3 Å². The number of benzene rings is 2. The zero-order valence-corrected chi connectivity index (χ0v) is 15.3. The number of hydrogen-bond acceptors (Lipinski definition) is 4. The quantitative estimate of drug-likeness (QED) is 0.829. The van der Waals surface area contributed by atoms with Gasteiger partial charge in [-0.2, -0.15) is 0 Å². The van der Waals surface area contributed by atoms with Gasteiger partial charge in [-0.15, -0.1) is 0 Å². The van der Waals surface area contributed by atoms with Gasteiger partial charge in [0.15, 0.2) is 0 Å². The molecule has 2 heterocycles. The molecule has 1 saturated heterocycles. The Labute approximate surface area is 162 Å². The number of likely N-dealkylation sites (tertiary alicyclic amines) is 1. The molecule has 0 aromatic heterocycles. The Morgan fingerprint density at radius 1 is 1.00 bits per heavy atom. The fourth-order valence-corrected chi connectivity index (χ4v) is 3.92. The van der Waals surface area contributed by atoms with Gasteiger partial charge in [0, 0.05) is 19.7 Å². The molecule has 2 aromatic carbocycles. The molecule has 2 aromatic rings. The van der Waals surface area contributed by atoms with Crippen LogP contribution in [0.15, 0.2) is 60.3 Å². The van der Waals surface area contributed by atoms with Crippen molar-refractivity contribution in [3.05, 3.63) is 71.7 Å². The van der Waals surface area contributed by atoms with Crippen molar-refractivity contribution in [3.63, 3.8) is 0 Å². The van der Waals surface area contributed by atoms with Gasteiger partial charge in [0.05, 0.1) is 11.3 Å². The van der Waals surface area contributed by atoms with Crippen molar-refractivity contribution in [3.8, 4) is 0 Å². The maximum atomic E-state index is 13.3. The molecule has 0 spiro atoms. The molecule has 2 amide bonds. The average molecular weight is 380 g/mol. The van der Waals surface area contributed by atoms with Crippen molar-refractivity contribution in [2.24, 2.45) is 5.92 Å². The van der Waals surface area contributed by atoms with Crippen LogP contribution in [0.5, 0.6) is 0 Å². The number of anilines is 1. The number of aliphatic hydroxyl groups excluding tert-OH is 1. The summed E-state index contributed by atoms with van der Waals surface area (Å²) in [5, 5.41) is 9.57. The van der Waals surface area contributed by atoms with Crippen LogP contribution >= 0.6 is 0 Å². The van der Waals surface area contributed by atoms with Gasteiger partial charge in [0.2, 0.25) is 0 Å². The van der Waals surface area contributed by atoms with Crippen LogP contribution in [0.3, 0.4) is 0 Å². The van der Waals surface area contributed by atoms with Crippen LogP contribution in [0.1, 0.15) is 18.4 Å². The lowest BCUT2D eigenvalue weighted by Gasteiger charge is -2.34. The number of imide groups is 1. The van der Waals surface area contributed by atoms with E-state index in [4.69, 9.17) is 0 Å². The van der Waals surface area contributed by atoms with E-state index in [0.29, 0.717) is 35.6 Å². The second-order valence-corrected chi connectivity index (χ2v) is 7.15. The monoisotopic (exact) mass is 380 g/mol. The molecule has 2 aliphatic rings. The normalized spacial score (nSPS) is 20.3. The highest BCUT2D eigenvalue weighted by atomic mass is 19.1. The first-order chi connectivity index (χ1) is 13.6. The summed E-state index contributed by atoms with van der Waals surface area (Å²) < 4.78 is 13.3. The van der Waals surface area contributed by atoms with Gasteiger partial charge in [-0.3, -0.25) is 9.59 Å². The fraction of sp³-hybridized carbons (Fsp3) is 0.273. The summed E-state index contributed by atoms with van der Waals surface area (Å²) in [6.07, 6.45) is 1.74. The highest BCUT2D eigenvalue weighted by molar-refractivity contribution is 6.45. The molecule has 0 bridgehead atoms. The van der Waals surface area contributed by atoms with Crippen molar-refractivity contribution in [2.75, 3.05) is 24.6 Å². The van der Waals surface area contributed by atoms with Gasteiger partial charge in [-0.25, -0.2) is 9.29 Å². The minimum Gasteiger partial charge on any atom is -0.396 e. The molecule has 2 aliphatic heterocycles. The summed E-state index contributed by atoms with van der Waals surface area (Å²) in [4.78, 5) is 29.6. The first-order valence-electron chi connectivity index (χ1n) is 9.40. The van der Waals surface area contributed by atoms with Crippen LogP contribution in [0, 0.1) is 11.7 Å².